The standard InChI is InChI=1S/C34H35N3O3/c1-22(2)23-9-6-10-24(19-23)25-11-7-12-26(20-25)30(38)32(40)37-18-8-15-29-28(21-37)31(39)36-33(35-29)34(16-17-34)27-13-4-3-5-14-27/h3-7,9-14,19-20,22,30,38H,8,15-18,21H2,1-2H3,(H,35,36,39)/t30-/m1/s1. The van der Waals surface area contributed by atoms with Gasteiger partial charge in [-0.05, 0) is 65.5 Å². The Morgan fingerprint density at radius 2 is 1.62 bits per heavy atom. The number of amides is 1. The van der Waals surface area contributed by atoms with Crippen molar-refractivity contribution in [2.24, 2.45) is 0 Å². The fraction of sp³-hybridized carbons (Fsp3) is 0.324. The van der Waals surface area contributed by atoms with Crippen LogP contribution in [0.15, 0.2) is 83.7 Å². The molecule has 6 heteroatoms. The van der Waals surface area contributed by atoms with Crippen LogP contribution in [0.2, 0.25) is 0 Å². The molecule has 1 atom stereocenters. The highest BCUT2D eigenvalue weighted by molar-refractivity contribution is 5.83. The number of hydrogen-bond acceptors (Lipinski definition) is 4. The van der Waals surface area contributed by atoms with Crippen molar-refractivity contribution in [3.8, 4) is 11.1 Å². The van der Waals surface area contributed by atoms with Gasteiger partial charge in [-0.1, -0.05) is 86.6 Å². The van der Waals surface area contributed by atoms with Crippen LogP contribution in [0.25, 0.3) is 11.1 Å². The molecule has 1 aliphatic carbocycles. The number of H-pyrrole nitrogens is 1. The molecule has 6 rings (SSSR count). The number of nitrogens with zero attached hydrogens (tertiary/aromatic N) is 2. The lowest BCUT2D eigenvalue weighted by molar-refractivity contribution is -0.141. The highest BCUT2D eigenvalue weighted by Gasteiger charge is 2.48. The lowest BCUT2D eigenvalue weighted by Gasteiger charge is -2.24. The zero-order valence-electron chi connectivity index (χ0n) is 23.1. The molecule has 2 N–H and O–H groups in total. The van der Waals surface area contributed by atoms with Gasteiger partial charge in [0.15, 0.2) is 6.10 Å². The van der Waals surface area contributed by atoms with Gasteiger partial charge < -0.3 is 15.0 Å². The predicted molar refractivity (Wildman–Crippen MR) is 156 cm³/mol. The van der Waals surface area contributed by atoms with Crippen LogP contribution in [0.3, 0.4) is 0 Å². The minimum Gasteiger partial charge on any atom is -0.378 e. The van der Waals surface area contributed by atoms with Crippen LogP contribution < -0.4 is 5.56 Å². The van der Waals surface area contributed by atoms with Crippen molar-refractivity contribution in [2.75, 3.05) is 6.54 Å². The first-order valence-electron chi connectivity index (χ1n) is 14.2. The van der Waals surface area contributed by atoms with E-state index >= 15 is 0 Å². The third-order valence-corrected chi connectivity index (χ3v) is 8.46. The van der Waals surface area contributed by atoms with Gasteiger partial charge in [0.25, 0.3) is 11.5 Å². The van der Waals surface area contributed by atoms with E-state index < -0.39 is 12.0 Å². The summed E-state index contributed by atoms with van der Waals surface area (Å²) in [6.07, 6.45) is 1.90. The Bertz CT molecular complexity index is 1600. The first kappa shape index (κ1) is 26.2. The van der Waals surface area contributed by atoms with Crippen LogP contribution in [0.4, 0.5) is 0 Å². The minimum absolute atomic E-state index is 0.141. The second-order valence-corrected chi connectivity index (χ2v) is 11.5. The largest absolute Gasteiger partial charge is 0.378 e. The number of aliphatic hydroxyl groups excluding tert-OH is 1. The van der Waals surface area contributed by atoms with Crippen LogP contribution in [-0.4, -0.2) is 32.4 Å². The van der Waals surface area contributed by atoms with Crippen LogP contribution in [0.1, 0.15) is 78.9 Å². The number of nitrogens with one attached hydrogen (secondary N) is 1. The molecule has 1 aromatic heterocycles. The third-order valence-electron chi connectivity index (χ3n) is 8.46. The van der Waals surface area contributed by atoms with Crippen LogP contribution >= 0.6 is 0 Å². The number of hydrogen-bond donors (Lipinski definition) is 2. The second kappa shape index (κ2) is 10.5. The van der Waals surface area contributed by atoms with E-state index in [-0.39, 0.29) is 17.5 Å². The topological polar surface area (TPSA) is 86.3 Å². The Kier molecular flexibility index (Phi) is 6.88. The summed E-state index contributed by atoms with van der Waals surface area (Å²) in [6, 6.07) is 26.1. The van der Waals surface area contributed by atoms with Gasteiger partial charge in [-0.3, -0.25) is 9.59 Å². The number of rotatable bonds is 6. The quantitative estimate of drug-likeness (QED) is 0.335. The van der Waals surface area contributed by atoms with Gasteiger partial charge in [0.05, 0.1) is 23.2 Å². The molecule has 3 aromatic carbocycles. The summed E-state index contributed by atoms with van der Waals surface area (Å²) in [4.78, 5) is 36.5. The number of aliphatic hydroxyl groups is 1. The van der Waals surface area contributed by atoms with Gasteiger partial charge in [0.1, 0.15) is 5.82 Å². The van der Waals surface area contributed by atoms with Crippen molar-refractivity contribution in [3.63, 3.8) is 0 Å². The van der Waals surface area contributed by atoms with Crippen molar-refractivity contribution >= 4 is 5.91 Å². The van der Waals surface area contributed by atoms with Crippen molar-refractivity contribution in [1.29, 1.82) is 0 Å². The van der Waals surface area contributed by atoms with Crippen molar-refractivity contribution in [2.45, 2.75) is 63.5 Å². The van der Waals surface area contributed by atoms with E-state index in [1.165, 1.54) is 11.1 Å². The van der Waals surface area contributed by atoms with E-state index in [1.807, 2.05) is 48.5 Å². The van der Waals surface area contributed by atoms with Crippen molar-refractivity contribution in [3.05, 3.63) is 123 Å². The van der Waals surface area contributed by atoms with E-state index in [0.717, 1.165) is 35.5 Å². The molecule has 2 aliphatic rings. The highest BCUT2D eigenvalue weighted by Crippen LogP contribution is 2.52. The maximum atomic E-state index is 13.5. The Labute approximate surface area is 234 Å². The molecule has 40 heavy (non-hydrogen) atoms. The second-order valence-electron chi connectivity index (χ2n) is 11.5. The number of fused-ring (bicyclic) bond motifs is 1. The molecular formula is C34H35N3O3. The molecule has 4 aromatic rings. The zero-order valence-corrected chi connectivity index (χ0v) is 23.1. The lowest BCUT2D eigenvalue weighted by Crippen LogP contribution is -2.36. The summed E-state index contributed by atoms with van der Waals surface area (Å²) < 4.78 is 0. The molecule has 204 valence electrons. The fourth-order valence-electron chi connectivity index (χ4n) is 5.86. The van der Waals surface area contributed by atoms with E-state index in [2.05, 4.69) is 43.1 Å². The van der Waals surface area contributed by atoms with E-state index in [4.69, 9.17) is 4.98 Å². The fourth-order valence-corrected chi connectivity index (χ4v) is 5.86. The Balaban J connectivity index is 1.24. The van der Waals surface area contributed by atoms with Gasteiger partial charge in [-0.15, -0.1) is 0 Å². The van der Waals surface area contributed by atoms with Gasteiger partial charge in [0, 0.05) is 6.54 Å². The van der Waals surface area contributed by atoms with Crippen LogP contribution in [-0.2, 0) is 23.2 Å². The summed E-state index contributed by atoms with van der Waals surface area (Å²) in [5.74, 6) is 0.732. The minimum atomic E-state index is -1.31. The van der Waals surface area contributed by atoms with Crippen molar-refractivity contribution < 1.29 is 9.90 Å². The smallest absolute Gasteiger partial charge is 0.256 e. The Hall–Kier alpha value is -4.03. The maximum Gasteiger partial charge on any atom is 0.256 e. The molecule has 1 amide bonds. The average molecular weight is 534 g/mol. The summed E-state index contributed by atoms with van der Waals surface area (Å²) in [7, 11) is 0. The van der Waals surface area contributed by atoms with Crippen molar-refractivity contribution in [1.82, 2.24) is 14.9 Å². The van der Waals surface area contributed by atoms with Gasteiger partial charge >= 0.3 is 0 Å². The number of carbonyl (C=O) groups excluding carboxylic acids is 1. The van der Waals surface area contributed by atoms with Crippen LogP contribution in [0.5, 0.6) is 0 Å². The summed E-state index contributed by atoms with van der Waals surface area (Å²) in [6.45, 7) is 4.92. The van der Waals surface area contributed by atoms with Gasteiger partial charge in [-0.2, -0.15) is 0 Å². The molecule has 0 bridgehead atoms. The Morgan fingerprint density at radius 3 is 2.30 bits per heavy atom. The molecule has 1 fully saturated rings. The molecule has 6 nitrogen and oxygen atoms in total. The summed E-state index contributed by atoms with van der Waals surface area (Å²) >= 11 is 0. The first-order valence-corrected chi connectivity index (χ1v) is 14.2. The molecule has 1 aliphatic heterocycles. The molecule has 1 saturated carbocycles. The molecule has 2 heterocycles. The SMILES string of the molecule is CC(C)c1cccc(-c2cccc([C@@H](O)C(=O)N3CCCc4nc(C5(c6ccccc6)CC5)[nH]c(=O)c4C3)c2)c1. The lowest BCUT2D eigenvalue weighted by atomic mass is 9.94. The highest BCUT2D eigenvalue weighted by atomic mass is 16.3. The monoisotopic (exact) mass is 533 g/mol. The number of aromatic amines is 1. The number of aromatic nitrogens is 2. The van der Waals surface area contributed by atoms with E-state index in [9.17, 15) is 14.7 Å². The molecule has 0 spiro atoms. The predicted octanol–water partition coefficient (Wildman–Crippen LogP) is 5.65. The number of carbonyl (C=O) groups is 1. The molecule has 0 radical (unpaired) electrons. The van der Waals surface area contributed by atoms with E-state index in [1.54, 1.807) is 11.0 Å². The summed E-state index contributed by atoms with van der Waals surface area (Å²) in [5.41, 5.74) is 5.81. The first-order chi connectivity index (χ1) is 19.4. The zero-order chi connectivity index (χ0) is 27.9. The normalized spacial score (nSPS) is 16.8. The molecular weight excluding hydrogens is 498 g/mol. The van der Waals surface area contributed by atoms with E-state index in [0.29, 0.717) is 36.4 Å². The van der Waals surface area contributed by atoms with Gasteiger partial charge in [0.2, 0.25) is 0 Å². The third kappa shape index (κ3) is 4.88. The molecule has 0 saturated heterocycles. The average Bonchev–Trinajstić information content (AvgIpc) is 3.82. The number of aryl methyl sites for hydroxylation is 1. The van der Waals surface area contributed by atoms with Crippen LogP contribution in [0, 0.1) is 0 Å². The number of benzene rings is 3. The summed E-state index contributed by atoms with van der Waals surface area (Å²) in [5, 5.41) is 11.2. The van der Waals surface area contributed by atoms with Gasteiger partial charge in [-0.25, -0.2) is 4.98 Å². The Morgan fingerprint density at radius 1 is 0.950 bits per heavy atom. The molecule has 0 unspecified atom stereocenters. The maximum absolute atomic E-state index is 13.5.